The normalized spacial score (nSPS) is 25.9. The van der Waals surface area contributed by atoms with E-state index >= 15 is 0 Å². The number of para-hydroxylation sites is 1. The van der Waals surface area contributed by atoms with Gasteiger partial charge >= 0.3 is 0 Å². The molecule has 0 spiro atoms. The second-order valence-electron chi connectivity index (χ2n) is 4.70. The number of nitrogens with one attached hydrogen (secondary N) is 1. The number of ether oxygens (including phenoxy) is 3. The topological polar surface area (TPSA) is 39.7 Å². The lowest BCUT2D eigenvalue weighted by Gasteiger charge is -2.44. The quantitative estimate of drug-likeness (QED) is 0.728. The zero-order valence-electron chi connectivity index (χ0n) is 11.7. The number of hydrogen-bond acceptors (Lipinski definition) is 4. The van der Waals surface area contributed by atoms with Crippen molar-refractivity contribution in [2.45, 2.75) is 31.6 Å². The second kappa shape index (κ2) is 7.48. The summed E-state index contributed by atoms with van der Waals surface area (Å²) < 4.78 is 16.8. The van der Waals surface area contributed by atoms with Gasteiger partial charge in [-0.05, 0) is 18.7 Å². The van der Waals surface area contributed by atoms with Crippen LogP contribution in [0.4, 0.5) is 0 Å². The van der Waals surface area contributed by atoms with Crippen molar-refractivity contribution in [2.24, 2.45) is 0 Å². The van der Waals surface area contributed by atoms with Gasteiger partial charge in [-0.2, -0.15) is 0 Å². The van der Waals surface area contributed by atoms with Crippen molar-refractivity contribution in [1.29, 1.82) is 0 Å². The number of hydrogen-bond donors (Lipinski definition) is 1. The van der Waals surface area contributed by atoms with E-state index in [4.69, 9.17) is 14.2 Å². The Morgan fingerprint density at radius 3 is 2.68 bits per heavy atom. The molecule has 0 radical (unpaired) electrons. The highest BCUT2D eigenvalue weighted by atomic mass is 16.6. The van der Waals surface area contributed by atoms with Crippen LogP contribution in [0.3, 0.4) is 0 Å². The molecule has 4 nitrogen and oxygen atoms in total. The summed E-state index contributed by atoms with van der Waals surface area (Å²) in [4.78, 5) is 0. The SMILES string of the molecule is CCNC1CC(Oc2ccccc2)C1OCCOC. The molecule has 1 aromatic carbocycles. The first kappa shape index (κ1) is 14.3. The Labute approximate surface area is 115 Å². The summed E-state index contributed by atoms with van der Waals surface area (Å²) in [6.45, 7) is 4.29. The highest BCUT2D eigenvalue weighted by Crippen LogP contribution is 2.29. The Balaban J connectivity index is 1.85. The molecule has 1 N–H and O–H groups in total. The van der Waals surface area contributed by atoms with E-state index in [2.05, 4.69) is 12.2 Å². The Morgan fingerprint density at radius 1 is 1.21 bits per heavy atom. The minimum Gasteiger partial charge on any atom is -0.488 e. The van der Waals surface area contributed by atoms with Crippen LogP contribution in [0.15, 0.2) is 30.3 Å². The lowest BCUT2D eigenvalue weighted by atomic mass is 9.85. The summed E-state index contributed by atoms with van der Waals surface area (Å²) in [7, 11) is 1.68. The van der Waals surface area contributed by atoms with E-state index in [1.807, 2.05) is 30.3 Å². The lowest BCUT2D eigenvalue weighted by molar-refractivity contribution is -0.115. The molecule has 1 aliphatic rings. The van der Waals surface area contributed by atoms with Crippen molar-refractivity contribution < 1.29 is 14.2 Å². The van der Waals surface area contributed by atoms with Gasteiger partial charge in [0.25, 0.3) is 0 Å². The number of likely N-dealkylation sites (N-methyl/N-ethyl adjacent to an activating group) is 1. The Morgan fingerprint density at radius 2 is 2.00 bits per heavy atom. The van der Waals surface area contributed by atoms with Crippen molar-refractivity contribution >= 4 is 0 Å². The molecule has 19 heavy (non-hydrogen) atoms. The highest BCUT2D eigenvalue weighted by molar-refractivity contribution is 5.22. The molecule has 0 aliphatic heterocycles. The van der Waals surface area contributed by atoms with Gasteiger partial charge in [-0.1, -0.05) is 25.1 Å². The minimum atomic E-state index is 0.107. The van der Waals surface area contributed by atoms with Gasteiger partial charge in [0.2, 0.25) is 0 Å². The van der Waals surface area contributed by atoms with Crippen LogP contribution in [0.25, 0.3) is 0 Å². The summed E-state index contributed by atoms with van der Waals surface area (Å²) in [6.07, 6.45) is 1.22. The van der Waals surface area contributed by atoms with Gasteiger partial charge in [-0.15, -0.1) is 0 Å². The van der Waals surface area contributed by atoms with Crippen LogP contribution in [0.2, 0.25) is 0 Å². The van der Waals surface area contributed by atoms with Gasteiger partial charge in [0.15, 0.2) is 0 Å². The zero-order valence-corrected chi connectivity index (χ0v) is 11.7. The monoisotopic (exact) mass is 265 g/mol. The Hall–Kier alpha value is -1.10. The molecule has 0 saturated heterocycles. The molecule has 3 unspecified atom stereocenters. The molecule has 2 rings (SSSR count). The predicted octanol–water partition coefficient (Wildman–Crippen LogP) is 1.85. The van der Waals surface area contributed by atoms with Crippen molar-refractivity contribution in [3.63, 3.8) is 0 Å². The fourth-order valence-electron chi connectivity index (χ4n) is 2.32. The van der Waals surface area contributed by atoms with E-state index in [1.165, 1.54) is 0 Å². The molecular weight excluding hydrogens is 242 g/mol. The number of rotatable bonds is 8. The van der Waals surface area contributed by atoms with E-state index in [0.29, 0.717) is 19.3 Å². The third-order valence-corrected chi connectivity index (χ3v) is 3.34. The zero-order chi connectivity index (χ0) is 13.5. The average Bonchev–Trinajstić information content (AvgIpc) is 2.43. The molecule has 1 aromatic rings. The maximum Gasteiger partial charge on any atom is 0.128 e. The number of benzene rings is 1. The van der Waals surface area contributed by atoms with Crippen LogP contribution in [0.1, 0.15) is 13.3 Å². The Kier molecular flexibility index (Phi) is 5.63. The smallest absolute Gasteiger partial charge is 0.128 e. The van der Waals surface area contributed by atoms with Gasteiger partial charge in [-0.25, -0.2) is 0 Å². The largest absolute Gasteiger partial charge is 0.488 e. The first-order valence-electron chi connectivity index (χ1n) is 6.90. The van der Waals surface area contributed by atoms with Gasteiger partial charge in [0.1, 0.15) is 18.0 Å². The summed E-state index contributed by atoms with van der Waals surface area (Å²) in [5, 5.41) is 3.43. The maximum absolute atomic E-state index is 5.96. The highest BCUT2D eigenvalue weighted by Gasteiger charge is 2.43. The summed E-state index contributed by atoms with van der Waals surface area (Å²) >= 11 is 0. The van der Waals surface area contributed by atoms with Gasteiger partial charge in [0.05, 0.1) is 13.2 Å². The van der Waals surface area contributed by atoms with Crippen LogP contribution in [0.5, 0.6) is 5.75 Å². The van der Waals surface area contributed by atoms with Crippen LogP contribution >= 0.6 is 0 Å². The van der Waals surface area contributed by atoms with Crippen LogP contribution in [-0.4, -0.2) is 45.1 Å². The van der Waals surface area contributed by atoms with Crippen LogP contribution in [-0.2, 0) is 9.47 Å². The van der Waals surface area contributed by atoms with Gasteiger partial charge in [0, 0.05) is 19.6 Å². The van der Waals surface area contributed by atoms with Crippen molar-refractivity contribution in [1.82, 2.24) is 5.32 Å². The molecular formula is C15H23NO3. The van der Waals surface area contributed by atoms with E-state index < -0.39 is 0 Å². The average molecular weight is 265 g/mol. The summed E-state index contributed by atoms with van der Waals surface area (Å²) in [5.41, 5.74) is 0. The first-order valence-corrected chi connectivity index (χ1v) is 6.90. The molecule has 0 aromatic heterocycles. The van der Waals surface area contributed by atoms with Crippen LogP contribution in [0, 0.1) is 0 Å². The minimum absolute atomic E-state index is 0.107. The molecule has 0 heterocycles. The molecule has 1 saturated carbocycles. The summed E-state index contributed by atoms with van der Waals surface area (Å²) in [6, 6.07) is 10.3. The molecule has 0 amide bonds. The van der Waals surface area contributed by atoms with E-state index in [-0.39, 0.29) is 12.2 Å². The number of methoxy groups -OCH3 is 1. The molecule has 1 aliphatic carbocycles. The van der Waals surface area contributed by atoms with Crippen molar-refractivity contribution in [2.75, 3.05) is 26.9 Å². The van der Waals surface area contributed by atoms with Crippen molar-refractivity contribution in [3.05, 3.63) is 30.3 Å². The molecule has 106 valence electrons. The molecule has 0 bridgehead atoms. The standard InChI is InChI=1S/C15H23NO3/c1-3-16-13-11-14(15(13)18-10-9-17-2)19-12-7-5-4-6-8-12/h4-8,13-16H,3,9-11H2,1-2H3. The molecule has 1 fully saturated rings. The fraction of sp³-hybridized carbons (Fsp3) is 0.600. The predicted molar refractivity (Wildman–Crippen MR) is 74.6 cm³/mol. The first-order chi connectivity index (χ1) is 9.35. The second-order valence-corrected chi connectivity index (χ2v) is 4.70. The molecule has 4 heteroatoms. The lowest BCUT2D eigenvalue weighted by Crippen LogP contribution is -2.61. The third-order valence-electron chi connectivity index (χ3n) is 3.34. The Bertz CT molecular complexity index is 358. The maximum atomic E-state index is 5.96. The summed E-state index contributed by atoms with van der Waals surface area (Å²) in [5.74, 6) is 0.905. The van der Waals surface area contributed by atoms with Gasteiger partial charge in [-0.3, -0.25) is 0 Å². The van der Waals surface area contributed by atoms with Gasteiger partial charge < -0.3 is 19.5 Å². The van der Waals surface area contributed by atoms with E-state index in [0.717, 1.165) is 18.7 Å². The van der Waals surface area contributed by atoms with E-state index in [9.17, 15) is 0 Å². The molecule has 3 atom stereocenters. The third kappa shape index (κ3) is 3.93. The van der Waals surface area contributed by atoms with Crippen LogP contribution < -0.4 is 10.1 Å². The van der Waals surface area contributed by atoms with Crippen molar-refractivity contribution in [3.8, 4) is 5.75 Å². The fourth-order valence-corrected chi connectivity index (χ4v) is 2.32. The van der Waals surface area contributed by atoms with E-state index in [1.54, 1.807) is 7.11 Å².